The van der Waals surface area contributed by atoms with Crippen molar-refractivity contribution in [3.05, 3.63) is 66.7 Å². The SMILES string of the molecule is C=CCNC(=O)c1ccccc1NC(=O)[C@@H]1CN(S(C)(=O)=O)c2ccccc2O1. The minimum absolute atomic E-state index is 0.174. The van der Waals surface area contributed by atoms with Crippen LogP contribution in [0.5, 0.6) is 5.75 Å². The fourth-order valence-corrected chi connectivity index (χ4v) is 3.83. The average Bonchev–Trinajstić information content (AvgIpc) is 2.70. The molecule has 1 aliphatic rings. The average molecular weight is 415 g/mol. The van der Waals surface area contributed by atoms with Crippen LogP contribution in [-0.2, 0) is 14.8 Å². The second-order valence-electron chi connectivity index (χ2n) is 6.40. The van der Waals surface area contributed by atoms with Gasteiger partial charge in [-0.2, -0.15) is 0 Å². The van der Waals surface area contributed by atoms with Crippen LogP contribution in [0.2, 0.25) is 0 Å². The molecule has 0 spiro atoms. The van der Waals surface area contributed by atoms with Crippen LogP contribution in [0.25, 0.3) is 0 Å². The fourth-order valence-electron chi connectivity index (χ4n) is 2.92. The molecule has 0 saturated carbocycles. The van der Waals surface area contributed by atoms with Gasteiger partial charge >= 0.3 is 0 Å². The number of fused-ring (bicyclic) bond motifs is 1. The fraction of sp³-hybridized carbons (Fsp3) is 0.200. The van der Waals surface area contributed by atoms with Crippen LogP contribution in [0.1, 0.15) is 10.4 Å². The van der Waals surface area contributed by atoms with Gasteiger partial charge in [0, 0.05) is 6.54 Å². The molecule has 0 fully saturated rings. The molecular formula is C20H21N3O5S. The molecule has 3 rings (SSSR count). The molecule has 2 amide bonds. The molecule has 9 heteroatoms. The summed E-state index contributed by atoms with van der Waals surface area (Å²) in [6.07, 6.45) is 1.54. The van der Waals surface area contributed by atoms with E-state index < -0.39 is 22.0 Å². The number of amides is 2. The van der Waals surface area contributed by atoms with E-state index in [0.717, 1.165) is 10.6 Å². The molecule has 1 atom stereocenters. The van der Waals surface area contributed by atoms with Crippen LogP contribution < -0.4 is 19.7 Å². The van der Waals surface area contributed by atoms with Crippen LogP contribution in [0.4, 0.5) is 11.4 Å². The first-order valence-corrected chi connectivity index (χ1v) is 10.7. The Morgan fingerprint density at radius 3 is 2.62 bits per heavy atom. The molecule has 2 N–H and O–H groups in total. The number of carbonyl (C=O) groups excluding carboxylic acids is 2. The smallest absolute Gasteiger partial charge is 0.267 e. The second-order valence-corrected chi connectivity index (χ2v) is 8.31. The lowest BCUT2D eigenvalue weighted by molar-refractivity contribution is -0.122. The van der Waals surface area contributed by atoms with E-state index in [2.05, 4.69) is 17.2 Å². The molecule has 2 aromatic carbocycles. The van der Waals surface area contributed by atoms with Gasteiger partial charge in [0.2, 0.25) is 10.0 Å². The van der Waals surface area contributed by atoms with Gasteiger partial charge in [-0.25, -0.2) is 8.42 Å². The van der Waals surface area contributed by atoms with Gasteiger partial charge in [-0.1, -0.05) is 30.3 Å². The van der Waals surface area contributed by atoms with E-state index in [1.807, 2.05) is 0 Å². The van der Waals surface area contributed by atoms with Crippen molar-refractivity contribution in [2.75, 3.05) is 29.0 Å². The summed E-state index contributed by atoms with van der Waals surface area (Å²) < 4.78 is 31.3. The quantitative estimate of drug-likeness (QED) is 0.700. The molecule has 0 radical (unpaired) electrons. The highest BCUT2D eigenvalue weighted by Gasteiger charge is 2.35. The molecule has 0 aliphatic carbocycles. The maximum Gasteiger partial charge on any atom is 0.267 e. The van der Waals surface area contributed by atoms with Gasteiger partial charge in [-0.15, -0.1) is 6.58 Å². The summed E-state index contributed by atoms with van der Waals surface area (Å²) in [4.78, 5) is 25.1. The van der Waals surface area contributed by atoms with Crippen LogP contribution in [0, 0.1) is 0 Å². The van der Waals surface area contributed by atoms with E-state index in [4.69, 9.17) is 4.74 Å². The number of nitrogens with one attached hydrogen (secondary N) is 2. The van der Waals surface area contributed by atoms with E-state index in [-0.39, 0.29) is 24.6 Å². The van der Waals surface area contributed by atoms with Gasteiger partial charge in [-0.05, 0) is 24.3 Å². The topological polar surface area (TPSA) is 105 Å². The van der Waals surface area contributed by atoms with Crippen molar-refractivity contribution in [2.24, 2.45) is 0 Å². The highest BCUT2D eigenvalue weighted by Crippen LogP contribution is 2.34. The summed E-state index contributed by atoms with van der Waals surface area (Å²) in [6, 6.07) is 13.1. The third-order valence-electron chi connectivity index (χ3n) is 4.26. The first-order chi connectivity index (χ1) is 13.8. The predicted molar refractivity (Wildman–Crippen MR) is 111 cm³/mol. The lowest BCUT2D eigenvalue weighted by Gasteiger charge is -2.33. The zero-order valence-corrected chi connectivity index (χ0v) is 16.6. The molecular weight excluding hydrogens is 394 g/mol. The summed E-state index contributed by atoms with van der Waals surface area (Å²) in [7, 11) is -3.61. The highest BCUT2D eigenvalue weighted by molar-refractivity contribution is 7.92. The molecule has 1 aliphatic heterocycles. The number of sulfonamides is 1. The molecule has 2 aromatic rings. The Hall–Kier alpha value is -3.33. The van der Waals surface area contributed by atoms with Gasteiger partial charge in [0.05, 0.1) is 29.7 Å². The Kier molecular flexibility index (Phi) is 5.88. The van der Waals surface area contributed by atoms with Crippen LogP contribution in [-0.4, -0.2) is 45.7 Å². The number of hydrogen-bond donors (Lipinski definition) is 2. The summed E-state index contributed by atoms with van der Waals surface area (Å²) in [5, 5.41) is 5.32. The maximum absolute atomic E-state index is 12.8. The lowest BCUT2D eigenvalue weighted by Crippen LogP contribution is -2.48. The largest absolute Gasteiger partial charge is 0.476 e. The molecule has 29 heavy (non-hydrogen) atoms. The minimum Gasteiger partial charge on any atom is -0.476 e. The molecule has 0 saturated heterocycles. The molecule has 8 nitrogen and oxygen atoms in total. The number of rotatable bonds is 6. The summed E-state index contributed by atoms with van der Waals surface area (Å²) in [5.41, 5.74) is 0.953. The highest BCUT2D eigenvalue weighted by atomic mass is 32.2. The summed E-state index contributed by atoms with van der Waals surface area (Å²) in [6.45, 7) is 3.66. The van der Waals surface area contributed by atoms with Crippen molar-refractivity contribution < 1.29 is 22.7 Å². The van der Waals surface area contributed by atoms with Gasteiger partial charge in [-0.3, -0.25) is 13.9 Å². The normalized spacial score (nSPS) is 15.6. The summed E-state index contributed by atoms with van der Waals surface area (Å²) in [5.74, 6) is -0.632. The van der Waals surface area contributed by atoms with Crippen molar-refractivity contribution in [3.63, 3.8) is 0 Å². The summed E-state index contributed by atoms with van der Waals surface area (Å²) >= 11 is 0. The Morgan fingerprint density at radius 1 is 1.21 bits per heavy atom. The number of anilines is 2. The van der Waals surface area contributed by atoms with E-state index in [0.29, 0.717) is 17.1 Å². The zero-order valence-electron chi connectivity index (χ0n) is 15.8. The van der Waals surface area contributed by atoms with E-state index in [1.165, 1.54) is 0 Å². The monoisotopic (exact) mass is 415 g/mol. The zero-order chi connectivity index (χ0) is 21.0. The number of carbonyl (C=O) groups is 2. The third kappa shape index (κ3) is 4.57. The molecule has 152 valence electrons. The van der Waals surface area contributed by atoms with Crippen molar-refractivity contribution >= 4 is 33.2 Å². The molecule has 0 aromatic heterocycles. The Labute approximate surface area is 169 Å². The Balaban J connectivity index is 1.84. The van der Waals surface area contributed by atoms with Gasteiger partial charge in [0.25, 0.3) is 11.8 Å². The van der Waals surface area contributed by atoms with Crippen molar-refractivity contribution in [3.8, 4) is 5.75 Å². The Morgan fingerprint density at radius 2 is 1.90 bits per heavy atom. The Bertz CT molecular complexity index is 1050. The van der Waals surface area contributed by atoms with Gasteiger partial charge in [0.15, 0.2) is 6.10 Å². The van der Waals surface area contributed by atoms with Crippen LogP contribution >= 0.6 is 0 Å². The standard InChI is InChI=1S/C20H21N3O5S/c1-3-12-21-19(24)14-8-4-5-9-15(14)22-20(25)18-13-23(29(2,26)27)16-10-6-7-11-17(16)28-18/h3-11,18H,1,12-13H2,2H3,(H,21,24)(H,22,25)/t18-/m0/s1. The van der Waals surface area contributed by atoms with Crippen molar-refractivity contribution in [1.82, 2.24) is 5.32 Å². The molecule has 1 heterocycles. The molecule has 0 bridgehead atoms. The van der Waals surface area contributed by atoms with Gasteiger partial charge < -0.3 is 15.4 Å². The number of ether oxygens (including phenoxy) is 1. The number of nitrogens with zero attached hydrogens (tertiary/aromatic N) is 1. The lowest BCUT2D eigenvalue weighted by atomic mass is 10.1. The second kappa shape index (κ2) is 8.36. The first-order valence-electron chi connectivity index (χ1n) is 8.83. The first kappa shape index (κ1) is 20.4. The van der Waals surface area contributed by atoms with Gasteiger partial charge in [0.1, 0.15) is 5.75 Å². The van der Waals surface area contributed by atoms with Crippen LogP contribution in [0.15, 0.2) is 61.2 Å². The van der Waals surface area contributed by atoms with Crippen LogP contribution in [0.3, 0.4) is 0 Å². The third-order valence-corrected chi connectivity index (χ3v) is 5.41. The maximum atomic E-state index is 12.8. The number of para-hydroxylation sites is 3. The predicted octanol–water partition coefficient (Wildman–Crippen LogP) is 1.77. The number of hydrogen-bond acceptors (Lipinski definition) is 5. The minimum atomic E-state index is -3.61. The van der Waals surface area contributed by atoms with Crippen molar-refractivity contribution in [2.45, 2.75) is 6.10 Å². The van der Waals surface area contributed by atoms with E-state index >= 15 is 0 Å². The van der Waals surface area contributed by atoms with E-state index in [1.54, 1.807) is 54.6 Å². The molecule has 0 unspecified atom stereocenters. The van der Waals surface area contributed by atoms with E-state index in [9.17, 15) is 18.0 Å². The number of benzene rings is 2. The van der Waals surface area contributed by atoms with Crippen molar-refractivity contribution in [1.29, 1.82) is 0 Å².